The molecule has 15 heavy (non-hydrogen) atoms. The van der Waals surface area contributed by atoms with Crippen molar-refractivity contribution in [2.24, 2.45) is 0 Å². The van der Waals surface area contributed by atoms with E-state index >= 15 is 0 Å². The van der Waals surface area contributed by atoms with Gasteiger partial charge in [-0.3, -0.25) is 0 Å². The highest BCUT2D eigenvalue weighted by atomic mass is 79.9. The zero-order chi connectivity index (χ0) is 10.5. The van der Waals surface area contributed by atoms with Crippen LogP contribution in [0, 0.1) is 0 Å². The topological polar surface area (TPSA) is 16.1 Å². The molecule has 2 nitrogen and oxygen atoms in total. The fourth-order valence-electron chi connectivity index (χ4n) is 2.07. The van der Waals surface area contributed by atoms with Crippen molar-refractivity contribution in [3.63, 3.8) is 0 Å². The van der Waals surface area contributed by atoms with E-state index in [0.29, 0.717) is 0 Å². The highest BCUT2D eigenvalue weighted by Crippen LogP contribution is 2.24. The lowest BCUT2D eigenvalue weighted by atomic mass is 10.1. The van der Waals surface area contributed by atoms with Gasteiger partial charge in [0, 0.05) is 19.3 Å². The lowest BCUT2D eigenvalue weighted by molar-refractivity contribution is 0.553. The third kappa shape index (κ3) is 2.94. The zero-order valence-corrected chi connectivity index (χ0v) is 10.5. The Kier molecular flexibility index (Phi) is 4.01. The number of nitrogens with zero attached hydrogens (tertiary/aromatic N) is 2. The minimum Gasteiger partial charge on any atom is -0.356 e. The molecule has 1 aliphatic heterocycles. The molecule has 0 bridgehead atoms. The Balaban J connectivity index is 2.10. The molecule has 1 aromatic rings. The van der Waals surface area contributed by atoms with Gasteiger partial charge in [0.25, 0.3) is 0 Å². The standard InChI is InChI=1S/C12H17BrN2/c13-11-7-6-8-14-12(11)15-9-4-2-1-3-5-10-15/h6-8H,1-5,9-10H2. The van der Waals surface area contributed by atoms with Gasteiger partial charge in [0.05, 0.1) is 4.47 Å². The van der Waals surface area contributed by atoms with Crippen LogP contribution in [0.5, 0.6) is 0 Å². The summed E-state index contributed by atoms with van der Waals surface area (Å²) in [6.07, 6.45) is 8.59. The molecule has 1 aromatic heterocycles. The lowest BCUT2D eigenvalue weighted by Crippen LogP contribution is -2.28. The van der Waals surface area contributed by atoms with Crippen LogP contribution in [0.1, 0.15) is 32.1 Å². The van der Waals surface area contributed by atoms with Crippen LogP contribution in [0.15, 0.2) is 22.8 Å². The Bertz CT molecular complexity index is 306. The Morgan fingerprint density at radius 3 is 2.40 bits per heavy atom. The van der Waals surface area contributed by atoms with Crippen LogP contribution in [-0.4, -0.2) is 18.1 Å². The number of anilines is 1. The quantitative estimate of drug-likeness (QED) is 0.774. The van der Waals surface area contributed by atoms with Gasteiger partial charge in [0.1, 0.15) is 5.82 Å². The summed E-state index contributed by atoms with van der Waals surface area (Å²) in [6, 6.07) is 4.04. The lowest BCUT2D eigenvalue weighted by Gasteiger charge is -2.26. The van der Waals surface area contributed by atoms with Crippen molar-refractivity contribution >= 4 is 21.7 Å². The molecule has 0 atom stereocenters. The summed E-state index contributed by atoms with van der Waals surface area (Å²) in [5, 5.41) is 0. The van der Waals surface area contributed by atoms with Gasteiger partial charge in [-0.1, -0.05) is 19.3 Å². The van der Waals surface area contributed by atoms with Crippen molar-refractivity contribution in [1.29, 1.82) is 0 Å². The molecule has 1 saturated heterocycles. The number of halogens is 1. The van der Waals surface area contributed by atoms with Crippen LogP contribution in [0.3, 0.4) is 0 Å². The molecule has 0 aromatic carbocycles. The van der Waals surface area contributed by atoms with E-state index in [9.17, 15) is 0 Å². The Morgan fingerprint density at radius 2 is 1.73 bits per heavy atom. The van der Waals surface area contributed by atoms with Crippen LogP contribution >= 0.6 is 15.9 Å². The van der Waals surface area contributed by atoms with Gasteiger partial charge < -0.3 is 4.90 Å². The molecule has 0 saturated carbocycles. The number of aromatic nitrogens is 1. The maximum absolute atomic E-state index is 4.45. The number of hydrogen-bond donors (Lipinski definition) is 0. The first-order valence-electron chi connectivity index (χ1n) is 5.73. The van der Waals surface area contributed by atoms with Crippen molar-refractivity contribution in [3.8, 4) is 0 Å². The van der Waals surface area contributed by atoms with Crippen LogP contribution in [0.25, 0.3) is 0 Å². The number of hydrogen-bond acceptors (Lipinski definition) is 2. The SMILES string of the molecule is Brc1cccnc1N1CCCCCCC1. The van der Waals surface area contributed by atoms with Crippen molar-refractivity contribution in [1.82, 2.24) is 4.98 Å². The molecule has 1 fully saturated rings. The third-order valence-electron chi connectivity index (χ3n) is 2.89. The van der Waals surface area contributed by atoms with E-state index in [-0.39, 0.29) is 0 Å². The Morgan fingerprint density at radius 1 is 1.07 bits per heavy atom. The summed E-state index contributed by atoms with van der Waals surface area (Å²) in [5.41, 5.74) is 0. The second kappa shape index (κ2) is 5.50. The van der Waals surface area contributed by atoms with E-state index in [4.69, 9.17) is 0 Å². The zero-order valence-electron chi connectivity index (χ0n) is 8.95. The van der Waals surface area contributed by atoms with Gasteiger partial charge in [0.2, 0.25) is 0 Å². The largest absolute Gasteiger partial charge is 0.356 e. The molecule has 0 radical (unpaired) electrons. The Labute approximate surface area is 99.8 Å². The van der Waals surface area contributed by atoms with Crippen molar-refractivity contribution in [2.75, 3.05) is 18.0 Å². The van der Waals surface area contributed by atoms with Gasteiger partial charge >= 0.3 is 0 Å². The predicted molar refractivity (Wildman–Crippen MR) is 67.2 cm³/mol. The molecule has 2 heterocycles. The smallest absolute Gasteiger partial charge is 0.142 e. The highest BCUT2D eigenvalue weighted by molar-refractivity contribution is 9.10. The Hall–Kier alpha value is -0.570. The van der Waals surface area contributed by atoms with E-state index in [2.05, 4.69) is 31.9 Å². The van der Waals surface area contributed by atoms with Crippen LogP contribution in [-0.2, 0) is 0 Å². The molecule has 0 aliphatic carbocycles. The molecule has 0 unspecified atom stereocenters. The second-order valence-corrected chi connectivity index (χ2v) is 4.92. The summed E-state index contributed by atoms with van der Waals surface area (Å²) in [6.45, 7) is 2.30. The van der Waals surface area contributed by atoms with Crippen molar-refractivity contribution in [3.05, 3.63) is 22.8 Å². The van der Waals surface area contributed by atoms with Gasteiger partial charge in [-0.2, -0.15) is 0 Å². The normalized spacial score (nSPS) is 18.3. The minimum absolute atomic E-state index is 1.11. The summed E-state index contributed by atoms with van der Waals surface area (Å²) < 4.78 is 1.12. The molecule has 82 valence electrons. The summed E-state index contributed by atoms with van der Waals surface area (Å²) in [7, 11) is 0. The fraction of sp³-hybridized carbons (Fsp3) is 0.583. The fourth-order valence-corrected chi connectivity index (χ4v) is 2.58. The molecule has 2 rings (SSSR count). The molecule has 0 spiro atoms. The van der Waals surface area contributed by atoms with Crippen molar-refractivity contribution in [2.45, 2.75) is 32.1 Å². The molecule has 0 N–H and O–H groups in total. The van der Waals surface area contributed by atoms with Crippen LogP contribution < -0.4 is 4.90 Å². The van der Waals surface area contributed by atoms with Crippen LogP contribution in [0.4, 0.5) is 5.82 Å². The average molecular weight is 269 g/mol. The summed E-state index contributed by atoms with van der Waals surface area (Å²) >= 11 is 3.57. The maximum atomic E-state index is 4.45. The highest BCUT2D eigenvalue weighted by Gasteiger charge is 2.12. The average Bonchev–Trinajstić information content (AvgIpc) is 2.19. The van der Waals surface area contributed by atoms with E-state index in [1.165, 1.54) is 32.1 Å². The molecular formula is C12H17BrN2. The van der Waals surface area contributed by atoms with E-state index in [1.54, 1.807) is 0 Å². The monoisotopic (exact) mass is 268 g/mol. The molecular weight excluding hydrogens is 252 g/mol. The van der Waals surface area contributed by atoms with Gasteiger partial charge in [0.15, 0.2) is 0 Å². The molecule has 1 aliphatic rings. The minimum atomic E-state index is 1.11. The predicted octanol–water partition coefficient (Wildman–Crippen LogP) is 3.61. The first-order chi connectivity index (χ1) is 7.38. The molecule has 0 amide bonds. The first kappa shape index (κ1) is 10.9. The summed E-state index contributed by atoms with van der Waals surface area (Å²) in [4.78, 5) is 6.86. The van der Waals surface area contributed by atoms with E-state index in [1.807, 2.05) is 12.3 Å². The van der Waals surface area contributed by atoms with Crippen LogP contribution in [0.2, 0.25) is 0 Å². The van der Waals surface area contributed by atoms with Crippen molar-refractivity contribution < 1.29 is 0 Å². The molecule has 3 heteroatoms. The number of pyridine rings is 1. The third-order valence-corrected chi connectivity index (χ3v) is 3.51. The van der Waals surface area contributed by atoms with Gasteiger partial charge in [-0.05, 0) is 40.9 Å². The second-order valence-electron chi connectivity index (χ2n) is 4.06. The first-order valence-corrected chi connectivity index (χ1v) is 6.53. The summed E-state index contributed by atoms with van der Waals surface area (Å²) in [5.74, 6) is 1.11. The van der Waals surface area contributed by atoms with E-state index < -0.39 is 0 Å². The van der Waals surface area contributed by atoms with Gasteiger partial charge in [-0.15, -0.1) is 0 Å². The van der Waals surface area contributed by atoms with Gasteiger partial charge in [-0.25, -0.2) is 4.98 Å². The van der Waals surface area contributed by atoms with E-state index in [0.717, 1.165) is 23.4 Å². The maximum Gasteiger partial charge on any atom is 0.142 e. The number of rotatable bonds is 1.